The summed E-state index contributed by atoms with van der Waals surface area (Å²) in [6.45, 7) is 2.52. The lowest BCUT2D eigenvalue weighted by atomic mass is 10.1. The first-order chi connectivity index (χ1) is 13.5. The lowest BCUT2D eigenvalue weighted by Gasteiger charge is -2.24. The summed E-state index contributed by atoms with van der Waals surface area (Å²) >= 11 is 0. The molecule has 0 atom stereocenters. The molecule has 6 heteroatoms. The molecule has 0 fully saturated rings. The number of pyridine rings is 1. The van der Waals surface area contributed by atoms with Crippen LogP contribution in [0.25, 0.3) is 11.0 Å². The summed E-state index contributed by atoms with van der Waals surface area (Å²) in [5, 5.41) is 1.14. The van der Waals surface area contributed by atoms with Gasteiger partial charge in [-0.05, 0) is 48.4 Å². The fourth-order valence-corrected chi connectivity index (χ4v) is 3.25. The van der Waals surface area contributed by atoms with Crippen molar-refractivity contribution in [1.29, 1.82) is 0 Å². The van der Waals surface area contributed by atoms with Crippen LogP contribution in [0.15, 0.2) is 60.4 Å². The molecule has 0 unspecified atom stereocenters. The zero-order valence-electron chi connectivity index (χ0n) is 15.1. The van der Waals surface area contributed by atoms with Crippen molar-refractivity contribution in [2.24, 2.45) is 0 Å². The van der Waals surface area contributed by atoms with Crippen LogP contribution in [0.2, 0.25) is 0 Å². The quantitative estimate of drug-likeness (QED) is 0.649. The first kappa shape index (κ1) is 18.3. The average molecular weight is 381 g/mol. The van der Waals surface area contributed by atoms with Crippen molar-refractivity contribution >= 4 is 11.0 Å². The molecule has 0 radical (unpaired) electrons. The van der Waals surface area contributed by atoms with Crippen molar-refractivity contribution in [1.82, 2.24) is 14.9 Å². The highest BCUT2D eigenvalue weighted by atomic mass is 19.4. The standard InChI is InChI=1S/C22H18F3N3/c23-22(24,25)19-7-5-16(6-8-19)3-4-17-9-12-28(13-10-17)15-18-14-27-21-20(18)2-1-11-26-21/h1-2,5-9,11,14H,10,12-13,15H2,(H,26,27). The molecule has 0 amide bonds. The molecule has 3 aromatic rings. The number of aromatic amines is 1. The maximum atomic E-state index is 12.6. The van der Waals surface area contributed by atoms with Gasteiger partial charge in [0.05, 0.1) is 5.56 Å². The van der Waals surface area contributed by atoms with Gasteiger partial charge in [0.2, 0.25) is 0 Å². The second kappa shape index (κ2) is 7.53. The van der Waals surface area contributed by atoms with Crippen molar-refractivity contribution in [3.63, 3.8) is 0 Å². The fraction of sp³-hybridized carbons (Fsp3) is 0.227. The van der Waals surface area contributed by atoms with Gasteiger partial charge in [0.15, 0.2) is 0 Å². The van der Waals surface area contributed by atoms with Crippen LogP contribution in [0.3, 0.4) is 0 Å². The summed E-state index contributed by atoms with van der Waals surface area (Å²) in [6.07, 6.45) is 2.37. The number of nitrogens with zero attached hydrogens (tertiary/aromatic N) is 2. The molecule has 28 heavy (non-hydrogen) atoms. The van der Waals surface area contributed by atoms with E-state index < -0.39 is 11.7 Å². The van der Waals surface area contributed by atoms with Gasteiger partial charge in [-0.25, -0.2) is 4.98 Å². The zero-order chi connectivity index (χ0) is 19.6. The Morgan fingerprint density at radius 2 is 1.93 bits per heavy atom. The number of benzene rings is 1. The minimum atomic E-state index is -4.32. The second-order valence-electron chi connectivity index (χ2n) is 6.75. The van der Waals surface area contributed by atoms with Gasteiger partial charge >= 0.3 is 6.18 Å². The molecule has 1 aromatic carbocycles. The summed E-state index contributed by atoms with van der Waals surface area (Å²) in [5.74, 6) is 6.05. The van der Waals surface area contributed by atoms with E-state index in [1.807, 2.05) is 12.3 Å². The normalized spacial score (nSPS) is 15.2. The molecule has 4 rings (SSSR count). The first-order valence-electron chi connectivity index (χ1n) is 9.01. The zero-order valence-corrected chi connectivity index (χ0v) is 15.1. The topological polar surface area (TPSA) is 31.9 Å². The number of hydrogen-bond donors (Lipinski definition) is 1. The number of aromatic nitrogens is 2. The molecule has 1 N–H and O–H groups in total. The molecule has 0 spiro atoms. The van der Waals surface area contributed by atoms with E-state index in [4.69, 9.17) is 0 Å². The highest BCUT2D eigenvalue weighted by Crippen LogP contribution is 2.29. The highest BCUT2D eigenvalue weighted by Gasteiger charge is 2.29. The Labute approximate surface area is 160 Å². The number of hydrogen-bond acceptors (Lipinski definition) is 2. The summed E-state index contributed by atoms with van der Waals surface area (Å²) < 4.78 is 37.8. The molecule has 142 valence electrons. The Kier molecular flexibility index (Phi) is 4.93. The van der Waals surface area contributed by atoms with Crippen LogP contribution in [-0.2, 0) is 12.7 Å². The Morgan fingerprint density at radius 1 is 1.11 bits per heavy atom. The van der Waals surface area contributed by atoms with Gasteiger partial charge in [0.1, 0.15) is 5.65 Å². The van der Waals surface area contributed by atoms with E-state index in [1.165, 1.54) is 17.7 Å². The molecule has 1 aliphatic heterocycles. The van der Waals surface area contributed by atoms with Gasteiger partial charge in [-0.3, -0.25) is 4.90 Å². The van der Waals surface area contributed by atoms with Crippen molar-refractivity contribution in [2.75, 3.05) is 13.1 Å². The molecule has 3 nitrogen and oxygen atoms in total. The van der Waals surface area contributed by atoms with Crippen LogP contribution in [0.5, 0.6) is 0 Å². The SMILES string of the molecule is FC(F)(F)c1ccc(C#CC2=CCN(Cc3c[nH]c4ncccc34)CC2)cc1. The molecular formula is C22H18F3N3. The number of H-pyrrole nitrogens is 1. The third-order valence-corrected chi connectivity index (χ3v) is 4.80. The Morgan fingerprint density at radius 3 is 2.64 bits per heavy atom. The van der Waals surface area contributed by atoms with E-state index in [9.17, 15) is 13.2 Å². The minimum absolute atomic E-state index is 0.586. The summed E-state index contributed by atoms with van der Waals surface area (Å²) in [4.78, 5) is 9.84. The van der Waals surface area contributed by atoms with Crippen molar-refractivity contribution in [3.05, 3.63) is 77.1 Å². The molecule has 2 aromatic heterocycles. The first-order valence-corrected chi connectivity index (χ1v) is 9.01. The molecule has 0 bridgehead atoms. The predicted octanol–water partition coefficient (Wildman–Crippen LogP) is 4.77. The summed E-state index contributed by atoms with van der Waals surface area (Å²) in [7, 11) is 0. The van der Waals surface area contributed by atoms with Crippen LogP contribution >= 0.6 is 0 Å². The number of halogens is 3. The molecule has 0 saturated heterocycles. The number of alkyl halides is 3. The molecule has 0 saturated carbocycles. The van der Waals surface area contributed by atoms with Crippen LogP contribution in [0.4, 0.5) is 13.2 Å². The van der Waals surface area contributed by atoms with Crippen LogP contribution in [0.1, 0.15) is 23.1 Å². The molecular weight excluding hydrogens is 363 g/mol. The van der Waals surface area contributed by atoms with Crippen LogP contribution in [-0.4, -0.2) is 28.0 Å². The second-order valence-corrected chi connectivity index (χ2v) is 6.75. The fourth-order valence-electron chi connectivity index (χ4n) is 3.25. The van der Waals surface area contributed by atoms with E-state index in [2.05, 4.69) is 38.9 Å². The van der Waals surface area contributed by atoms with Gasteiger partial charge < -0.3 is 4.98 Å². The predicted molar refractivity (Wildman–Crippen MR) is 102 cm³/mol. The third-order valence-electron chi connectivity index (χ3n) is 4.80. The van der Waals surface area contributed by atoms with E-state index in [0.717, 1.165) is 54.8 Å². The lowest BCUT2D eigenvalue weighted by Crippen LogP contribution is -2.28. The van der Waals surface area contributed by atoms with Gasteiger partial charge in [-0.1, -0.05) is 17.9 Å². The maximum absolute atomic E-state index is 12.6. The number of fused-ring (bicyclic) bond motifs is 1. The van der Waals surface area contributed by atoms with Gasteiger partial charge in [0.25, 0.3) is 0 Å². The van der Waals surface area contributed by atoms with Gasteiger partial charge in [0, 0.05) is 48.6 Å². The third kappa shape index (κ3) is 4.10. The maximum Gasteiger partial charge on any atom is 0.416 e. The Hall–Kier alpha value is -3.04. The van der Waals surface area contributed by atoms with Gasteiger partial charge in [-0.15, -0.1) is 0 Å². The van der Waals surface area contributed by atoms with E-state index in [0.29, 0.717) is 5.56 Å². The molecule has 3 heterocycles. The monoisotopic (exact) mass is 381 g/mol. The minimum Gasteiger partial charge on any atom is -0.346 e. The average Bonchev–Trinajstić information content (AvgIpc) is 3.10. The Balaban J connectivity index is 1.39. The van der Waals surface area contributed by atoms with E-state index >= 15 is 0 Å². The molecule has 1 aliphatic rings. The van der Waals surface area contributed by atoms with Crippen molar-refractivity contribution < 1.29 is 13.2 Å². The van der Waals surface area contributed by atoms with Crippen molar-refractivity contribution in [3.8, 4) is 11.8 Å². The Bertz CT molecular complexity index is 1070. The van der Waals surface area contributed by atoms with Gasteiger partial charge in [-0.2, -0.15) is 13.2 Å². The highest BCUT2D eigenvalue weighted by molar-refractivity contribution is 5.79. The number of nitrogens with one attached hydrogen (secondary N) is 1. The van der Waals surface area contributed by atoms with E-state index in [1.54, 1.807) is 6.20 Å². The smallest absolute Gasteiger partial charge is 0.346 e. The largest absolute Gasteiger partial charge is 0.416 e. The van der Waals surface area contributed by atoms with Crippen LogP contribution in [0, 0.1) is 11.8 Å². The van der Waals surface area contributed by atoms with Crippen molar-refractivity contribution in [2.45, 2.75) is 19.1 Å². The summed E-state index contributed by atoms with van der Waals surface area (Å²) in [6, 6.07) is 8.96. The summed E-state index contributed by atoms with van der Waals surface area (Å²) in [5.41, 5.74) is 3.07. The molecule has 0 aliphatic carbocycles. The van der Waals surface area contributed by atoms with Crippen LogP contribution < -0.4 is 0 Å². The van der Waals surface area contributed by atoms with E-state index in [-0.39, 0.29) is 0 Å². The lowest BCUT2D eigenvalue weighted by molar-refractivity contribution is -0.137. The number of rotatable bonds is 2.